The first-order valence-electron chi connectivity index (χ1n) is 6.03. The van der Waals surface area contributed by atoms with Gasteiger partial charge in [-0.05, 0) is 34.6 Å². The molecule has 3 aromatic rings. The molecule has 18 heavy (non-hydrogen) atoms. The second-order valence-corrected chi connectivity index (χ2v) is 5.22. The number of benzene rings is 2. The third-order valence-corrected chi connectivity index (χ3v) is 4.06. The molecule has 1 nitrogen and oxygen atoms in total. The van der Waals surface area contributed by atoms with E-state index >= 15 is 0 Å². The Morgan fingerprint density at radius 2 is 1.67 bits per heavy atom. The van der Waals surface area contributed by atoms with Gasteiger partial charge in [0.05, 0.1) is 0 Å². The predicted molar refractivity (Wildman–Crippen MR) is 77.8 cm³/mol. The lowest BCUT2D eigenvalue weighted by molar-refractivity contribution is 1.06. The lowest BCUT2D eigenvalue weighted by Gasteiger charge is -2.02. The Bertz CT molecular complexity index is 652. The lowest BCUT2D eigenvalue weighted by atomic mass is 10.0. The van der Waals surface area contributed by atoms with Gasteiger partial charge in [-0.2, -0.15) is 0 Å². The van der Waals surface area contributed by atoms with Crippen molar-refractivity contribution in [1.29, 1.82) is 0 Å². The summed E-state index contributed by atoms with van der Waals surface area (Å²) in [6, 6.07) is 17.0. The molecular weight excluding hydrogens is 238 g/mol. The van der Waals surface area contributed by atoms with Gasteiger partial charge in [-0.15, -0.1) is 11.3 Å². The molecule has 0 aliphatic carbocycles. The second kappa shape index (κ2) is 4.92. The van der Waals surface area contributed by atoms with Gasteiger partial charge in [0.1, 0.15) is 0 Å². The second-order valence-electron chi connectivity index (χ2n) is 4.38. The molecule has 0 fully saturated rings. The van der Waals surface area contributed by atoms with E-state index in [2.05, 4.69) is 53.9 Å². The Morgan fingerprint density at radius 3 is 2.44 bits per heavy atom. The highest BCUT2D eigenvalue weighted by Gasteiger charge is 2.04. The Balaban J connectivity index is 1.91. The van der Waals surface area contributed by atoms with E-state index in [1.54, 1.807) is 11.3 Å². The number of thiophene rings is 1. The van der Waals surface area contributed by atoms with E-state index < -0.39 is 0 Å². The summed E-state index contributed by atoms with van der Waals surface area (Å²) in [5.74, 6) is 0. The predicted octanol–water partition coefficient (Wildman–Crippen LogP) is 3.75. The summed E-state index contributed by atoms with van der Waals surface area (Å²) in [6.45, 7) is 0.605. The molecule has 2 heteroatoms. The highest BCUT2D eigenvalue weighted by molar-refractivity contribution is 7.16. The van der Waals surface area contributed by atoms with Crippen molar-refractivity contribution in [3.63, 3.8) is 0 Å². The van der Waals surface area contributed by atoms with Crippen LogP contribution in [0, 0.1) is 5.38 Å². The summed E-state index contributed by atoms with van der Waals surface area (Å²) in [5.41, 5.74) is 9.38. The van der Waals surface area contributed by atoms with Crippen molar-refractivity contribution in [3.05, 3.63) is 70.6 Å². The van der Waals surface area contributed by atoms with Crippen molar-refractivity contribution in [1.82, 2.24) is 0 Å². The van der Waals surface area contributed by atoms with Crippen LogP contribution in [0.2, 0.25) is 0 Å². The van der Waals surface area contributed by atoms with E-state index in [9.17, 15) is 0 Å². The minimum atomic E-state index is 0.605. The van der Waals surface area contributed by atoms with Crippen LogP contribution >= 0.6 is 11.3 Å². The topological polar surface area (TPSA) is 26.0 Å². The van der Waals surface area contributed by atoms with Crippen LogP contribution in [0.5, 0.6) is 0 Å². The molecule has 0 aliphatic rings. The van der Waals surface area contributed by atoms with Crippen molar-refractivity contribution >= 4 is 21.4 Å². The quantitative estimate of drug-likeness (QED) is 0.755. The monoisotopic (exact) mass is 252 g/mol. The first kappa shape index (κ1) is 11.5. The first-order valence-corrected chi connectivity index (χ1v) is 6.84. The molecule has 1 heterocycles. The Hall–Kier alpha value is -1.64. The van der Waals surface area contributed by atoms with Gasteiger partial charge in [-0.3, -0.25) is 0 Å². The summed E-state index contributed by atoms with van der Waals surface area (Å²) >= 11 is 1.70. The van der Waals surface area contributed by atoms with Crippen LogP contribution in [-0.2, 0) is 13.0 Å². The van der Waals surface area contributed by atoms with Gasteiger partial charge in [0.15, 0.2) is 0 Å². The zero-order chi connectivity index (χ0) is 12.4. The lowest BCUT2D eigenvalue weighted by Crippen LogP contribution is -1.96. The standard InChI is InChI=1S/C16H14NS/c17-10-13-7-5-12(6-8-13)9-14-11-18-16-4-2-1-3-15(14)16/h1-8H,9-10,17H2. The van der Waals surface area contributed by atoms with Crippen LogP contribution in [0.3, 0.4) is 0 Å². The summed E-state index contributed by atoms with van der Waals surface area (Å²) < 4.78 is 1.31. The number of hydrogen-bond donors (Lipinski definition) is 1. The van der Waals surface area contributed by atoms with Gasteiger partial charge in [-0.1, -0.05) is 42.5 Å². The molecule has 0 amide bonds. The molecular formula is C16H14NS. The average Bonchev–Trinajstić information content (AvgIpc) is 2.83. The van der Waals surface area contributed by atoms with Gasteiger partial charge >= 0.3 is 0 Å². The normalized spacial score (nSPS) is 10.9. The summed E-state index contributed by atoms with van der Waals surface area (Å²) in [7, 11) is 0. The number of rotatable bonds is 3. The van der Waals surface area contributed by atoms with Crippen LogP contribution in [0.4, 0.5) is 0 Å². The van der Waals surface area contributed by atoms with Gasteiger partial charge < -0.3 is 5.73 Å². The van der Waals surface area contributed by atoms with Crippen molar-refractivity contribution in [2.45, 2.75) is 13.0 Å². The number of hydrogen-bond acceptors (Lipinski definition) is 2. The maximum atomic E-state index is 5.61. The van der Waals surface area contributed by atoms with Crippen LogP contribution in [0.15, 0.2) is 48.5 Å². The summed E-state index contributed by atoms with van der Waals surface area (Å²) in [6.07, 6.45) is 0.939. The molecule has 0 saturated heterocycles. The van der Waals surface area contributed by atoms with Crippen LogP contribution < -0.4 is 5.73 Å². The van der Waals surface area contributed by atoms with Crippen LogP contribution in [-0.4, -0.2) is 0 Å². The number of nitrogens with two attached hydrogens (primary N) is 1. The molecule has 1 radical (unpaired) electrons. The maximum absolute atomic E-state index is 5.61. The Labute approximate surface area is 111 Å². The molecule has 1 aromatic heterocycles. The fraction of sp³-hybridized carbons (Fsp3) is 0.125. The minimum Gasteiger partial charge on any atom is -0.326 e. The van der Waals surface area contributed by atoms with Crippen LogP contribution in [0.25, 0.3) is 10.1 Å². The van der Waals surface area contributed by atoms with E-state index in [-0.39, 0.29) is 0 Å². The molecule has 2 aromatic carbocycles. The zero-order valence-corrected chi connectivity index (χ0v) is 10.8. The molecule has 2 N–H and O–H groups in total. The highest BCUT2D eigenvalue weighted by Crippen LogP contribution is 2.26. The smallest absolute Gasteiger partial charge is 0.0493 e. The third-order valence-electron chi connectivity index (χ3n) is 3.14. The Morgan fingerprint density at radius 1 is 0.944 bits per heavy atom. The van der Waals surface area contributed by atoms with Gasteiger partial charge in [0, 0.05) is 16.6 Å². The molecule has 0 atom stereocenters. The van der Waals surface area contributed by atoms with E-state index in [0.29, 0.717) is 6.54 Å². The van der Waals surface area contributed by atoms with Crippen molar-refractivity contribution < 1.29 is 0 Å². The van der Waals surface area contributed by atoms with E-state index in [1.807, 2.05) is 0 Å². The summed E-state index contributed by atoms with van der Waals surface area (Å²) in [4.78, 5) is 0. The van der Waals surface area contributed by atoms with Crippen LogP contribution in [0.1, 0.15) is 16.7 Å². The third kappa shape index (κ3) is 2.17. The van der Waals surface area contributed by atoms with Gasteiger partial charge in [0.2, 0.25) is 0 Å². The molecule has 0 spiro atoms. The van der Waals surface area contributed by atoms with Crippen molar-refractivity contribution in [2.24, 2.45) is 5.73 Å². The van der Waals surface area contributed by atoms with E-state index in [1.165, 1.54) is 26.8 Å². The van der Waals surface area contributed by atoms with Crippen molar-refractivity contribution in [2.75, 3.05) is 0 Å². The van der Waals surface area contributed by atoms with Gasteiger partial charge in [0.25, 0.3) is 0 Å². The largest absolute Gasteiger partial charge is 0.326 e. The molecule has 3 rings (SSSR count). The van der Waals surface area contributed by atoms with Gasteiger partial charge in [-0.25, -0.2) is 0 Å². The minimum absolute atomic E-state index is 0.605. The van der Waals surface area contributed by atoms with E-state index in [4.69, 9.17) is 5.73 Å². The maximum Gasteiger partial charge on any atom is 0.0493 e. The molecule has 0 aliphatic heterocycles. The summed E-state index contributed by atoms with van der Waals surface area (Å²) in [5, 5.41) is 4.73. The van der Waals surface area contributed by atoms with E-state index in [0.717, 1.165) is 6.42 Å². The fourth-order valence-corrected chi connectivity index (χ4v) is 2.97. The molecule has 0 unspecified atom stereocenters. The molecule has 89 valence electrons. The molecule has 0 saturated carbocycles. The fourth-order valence-electron chi connectivity index (χ4n) is 2.11. The Kier molecular flexibility index (Phi) is 3.13. The average molecular weight is 252 g/mol. The highest BCUT2D eigenvalue weighted by atomic mass is 32.1. The van der Waals surface area contributed by atoms with Crippen molar-refractivity contribution in [3.8, 4) is 0 Å². The zero-order valence-electron chi connectivity index (χ0n) is 10.0. The first-order chi connectivity index (χ1) is 8.86. The number of fused-ring (bicyclic) bond motifs is 1. The SMILES string of the molecule is NCc1ccc(Cc2[c]sc3ccccc23)cc1. The molecule has 0 bridgehead atoms.